The number of nitrogens with one attached hydrogen (secondary N) is 1. The highest BCUT2D eigenvalue weighted by Gasteiger charge is 2.29. The lowest BCUT2D eigenvalue weighted by molar-refractivity contribution is -0.130. The van der Waals surface area contributed by atoms with Gasteiger partial charge in [0.25, 0.3) is 0 Å². The minimum atomic E-state index is -0.264. The second-order valence-corrected chi connectivity index (χ2v) is 8.16. The van der Waals surface area contributed by atoms with Crippen molar-refractivity contribution in [2.75, 3.05) is 13.1 Å². The molecule has 6 heteroatoms. The zero-order chi connectivity index (χ0) is 18.6. The molecule has 136 valence electrons. The molecule has 0 aliphatic carbocycles. The van der Waals surface area contributed by atoms with Crippen LogP contribution >= 0.6 is 11.3 Å². The first-order valence-corrected chi connectivity index (χ1v) is 9.80. The van der Waals surface area contributed by atoms with Crippen LogP contribution in [0.15, 0.2) is 35.7 Å². The van der Waals surface area contributed by atoms with Crippen LogP contribution < -0.4 is 5.32 Å². The standard InChI is InChI=1S/C20H24N4OS/c1-20(2,22-13-18(25)24-10-6-9-17(24)12-21)11-16-14-26-19(23-16)15-7-4-3-5-8-15/h3-5,7-8,14,17,22H,6,9-11,13H2,1-2H3. The van der Waals surface area contributed by atoms with Crippen molar-refractivity contribution in [1.29, 1.82) is 5.26 Å². The van der Waals surface area contributed by atoms with Gasteiger partial charge in [-0.05, 0) is 26.7 Å². The Morgan fingerprint density at radius 1 is 1.42 bits per heavy atom. The Bertz CT molecular complexity index is 794. The predicted octanol–water partition coefficient (Wildman–Crippen LogP) is 3.24. The van der Waals surface area contributed by atoms with Gasteiger partial charge in [0, 0.05) is 29.4 Å². The molecule has 1 aromatic heterocycles. The van der Waals surface area contributed by atoms with E-state index >= 15 is 0 Å². The smallest absolute Gasteiger partial charge is 0.237 e. The van der Waals surface area contributed by atoms with Gasteiger partial charge < -0.3 is 10.2 Å². The fraction of sp³-hybridized carbons (Fsp3) is 0.450. The Kier molecular flexibility index (Phi) is 5.70. The van der Waals surface area contributed by atoms with Crippen LogP contribution in [0.3, 0.4) is 0 Å². The molecule has 1 N–H and O–H groups in total. The molecule has 0 radical (unpaired) electrons. The highest BCUT2D eigenvalue weighted by Crippen LogP contribution is 2.25. The Balaban J connectivity index is 1.57. The van der Waals surface area contributed by atoms with Gasteiger partial charge in [0.15, 0.2) is 0 Å². The summed E-state index contributed by atoms with van der Waals surface area (Å²) in [6.07, 6.45) is 2.44. The Hall–Kier alpha value is -2.23. The van der Waals surface area contributed by atoms with E-state index in [0.717, 1.165) is 35.5 Å². The van der Waals surface area contributed by atoms with Crippen molar-refractivity contribution in [1.82, 2.24) is 15.2 Å². The fourth-order valence-electron chi connectivity index (χ4n) is 3.23. The number of carbonyl (C=O) groups is 1. The number of rotatable bonds is 6. The Morgan fingerprint density at radius 3 is 2.92 bits per heavy atom. The van der Waals surface area contributed by atoms with E-state index in [4.69, 9.17) is 10.2 Å². The summed E-state index contributed by atoms with van der Waals surface area (Å²) in [5.41, 5.74) is 1.90. The van der Waals surface area contributed by atoms with E-state index in [1.807, 2.05) is 18.2 Å². The first-order chi connectivity index (χ1) is 12.5. The molecule has 2 aromatic rings. The van der Waals surface area contributed by atoms with Crippen molar-refractivity contribution in [3.63, 3.8) is 0 Å². The maximum atomic E-state index is 12.4. The Morgan fingerprint density at radius 2 is 2.19 bits per heavy atom. The molecule has 5 nitrogen and oxygen atoms in total. The van der Waals surface area contributed by atoms with Crippen LogP contribution in [0.2, 0.25) is 0 Å². The number of likely N-dealkylation sites (tertiary alicyclic amines) is 1. The van der Waals surface area contributed by atoms with Gasteiger partial charge in [0.1, 0.15) is 11.0 Å². The average molecular weight is 369 g/mol. The molecule has 26 heavy (non-hydrogen) atoms. The summed E-state index contributed by atoms with van der Waals surface area (Å²) in [5, 5.41) is 15.6. The van der Waals surface area contributed by atoms with E-state index in [1.165, 1.54) is 0 Å². The van der Waals surface area contributed by atoms with Gasteiger partial charge in [-0.25, -0.2) is 4.98 Å². The molecule has 0 spiro atoms. The molecule has 1 unspecified atom stereocenters. The molecule has 1 fully saturated rings. The van der Waals surface area contributed by atoms with Gasteiger partial charge in [-0.3, -0.25) is 4.79 Å². The summed E-state index contributed by atoms with van der Waals surface area (Å²) in [7, 11) is 0. The molecule has 1 aromatic carbocycles. The molecule has 1 atom stereocenters. The largest absolute Gasteiger partial charge is 0.326 e. The van der Waals surface area contributed by atoms with Crippen molar-refractivity contribution in [3.8, 4) is 16.6 Å². The summed E-state index contributed by atoms with van der Waals surface area (Å²) in [4.78, 5) is 18.8. The van der Waals surface area contributed by atoms with Gasteiger partial charge in [-0.15, -0.1) is 11.3 Å². The van der Waals surface area contributed by atoms with Gasteiger partial charge in [0.05, 0.1) is 18.3 Å². The van der Waals surface area contributed by atoms with Crippen LogP contribution in [0.25, 0.3) is 10.6 Å². The summed E-state index contributed by atoms with van der Waals surface area (Å²) < 4.78 is 0. The Labute approximate surface area is 158 Å². The third-order valence-corrected chi connectivity index (χ3v) is 5.58. The summed E-state index contributed by atoms with van der Waals surface area (Å²) in [6, 6.07) is 12.1. The SMILES string of the molecule is CC(C)(Cc1csc(-c2ccccc2)n1)NCC(=O)N1CCCC1C#N. The number of hydrogen-bond donors (Lipinski definition) is 1. The number of hydrogen-bond acceptors (Lipinski definition) is 5. The molecule has 1 amide bonds. The van der Waals surface area contributed by atoms with E-state index in [2.05, 4.69) is 42.7 Å². The molecule has 0 bridgehead atoms. The highest BCUT2D eigenvalue weighted by molar-refractivity contribution is 7.13. The maximum absolute atomic E-state index is 12.4. The van der Waals surface area contributed by atoms with Gasteiger partial charge in [-0.2, -0.15) is 5.26 Å². The van der Waals surface area contributed by atoms with Crippen molar-refractivity contribution in [2.45, 2.75) is 44.7 Å². The number of nitrogens with zero attached hydrogens (tertiary/aromatic N) is 3. The topological polar surface area (TPSA) is 69.0 Å². The molecule has 2 heterocycles. The minimum Gasteiger partial charge on any atom is -0.326 e. The van der Waals surface area contributed by atoms with E-state index in [1.54, 1.807) is 16.2 Å². The molecule has 1 saturated heterocycles. The van der Waals surface area contributed by atoms with E-state index in [9.17, 15) is 4.79 Å². The van der Waals surface area contributed by atoms with Crippen molar-refractivity contribution >= 4 is 17.2 Å². The number of aromatic nitrogens is 1. The van der Waals surface area contributed by atoms with Crippen LogP contribution in [0, 0.1) is 11.3 Å². The third-order valence-electron chi connectivity index (χ3n) is 4.64. The lowest BCUT2D eigenvalue weighted by Gasteiger charge is -2.27. The van der Waals surface area contributed by atoms with Crippen LogP contribution in [0.5, 0.6) is 0 Å². The zero-order valence-corrected chi connectivity index (χ0v) is 16.1. The van der Waals surface area contributed by atoms with Gasteiger partial charge >= 0.3 is 0 Å². The molecule has 1 aliphatic heterocycles. The predicted molar refractivity (Wildman–Crippen MR) is 104 cm³/mol. The second kappa shape index (κ2) is 7.98. The van der Waals surface area contributed by atoms with Gasteiger partial charge in [-0.1, -0.05) is 30.3 Å². The first kappa shape index (κ1) is 18.6. The lowest BCUT2D eigenvalue weighted by atomic mass is 9.99. The molecular formula is C20H24N4OS. The molecular weight excluding hydrogens is 344 g/mol. The third kappa shape index (κ3) is 4.48. The summed E-state index contributed by atoms with van der Waals surface area (Å²) in [6.45, 7) is 5.09. The average Bonchev–Trinajstić information content (AvgIpc) is 3.29. The monoisotopic (exact) mass is 368 g/mol. The van der Waals surface area contributed by atoms with Crippen LogP contribution in [0.4, 0.5) is 0 Å². The minimum absolute atomic E-state index is 0.00498. The van der Waals surface area contributed by atoms with Crippen molar-refractivity contribution in [3.05, 3.63) is 41.4 Å². The highest BCUT2D eigenvalue weighted by atomic mass is 32.1. The fourth-order valence-corrected chi connectivity index (χ4v) is 4.06. The number of benzene rings is 1. The normalized spacial score (nSPS) is 17.3. The zero-order valence-electron chi connectivity index (χ0n) is 15.2. The van der Waals surface area contributed by atoms with E-state index < -0.39 is 0 Å². The van der Waals surface area contributed by atoms with Crippen LogP contribution in [0.1, 0.15) is 32.4 Å². The summed E-state index contributed by atoms with van der Waals surface area (Å²) >= 11 is 1.64. The van der Waals surface area contributed by atoms with Crippen LogP contribution in [-0.2, 0) is 11.2 Å². The second-order valence-electron chi connectivity index (χ2n) is 7.30. The van der Waals surface area contributed by atoms with E-state index in [-0.39, 0.29) is 24.0 Å². The maximum Gasteiger partial charge on any atom is 0.237 e. The first-order valence-electron chi connectivity index (χ1n) is 8.92. The van der Waals surface area contributed by atoms with Crippen molar-refractivity contribution < 1.29 is 4.79 Å². The van der Waals surface area contributed by atoms with E-state index in [0.29, 0.717) is 6.54 Å². The summed E-state index contributed by atoms with van der Waals surface area (Å²) in [5.74, 6) is 0.00498. The van der Waals surface area contributed by atoms with Crippen LogP contribution in [-0.4, -0.2) is 40.5 Å². The quantitative estimate of drug-likeness (QED) is 0.850. The van der Waals surface area contributed by atoms with Crippen molar-refractivity contribution in [2.24, 2.45) is 0 Å². The van der Waals surface area contributed by atoms with Gasteiger partial charge in [0.2, 0.25) is 5.91 Å². The lowest BCUT2D eigenvalue weighted by Crippen LogP contribution is -2.48. The molecule has 1 aliphatic rings. The number of thiazole rings is 1. The molecule has 3 rings (SSSR count). The number of nitriles is 1. The number of carbonyl (C=O) groups excluding carboxylic acids is 1. The molecule has 0 saturated carbocycles. The number of amides is 1.